The molecule has 2 aliphatic carbocycles. The number of carbonyl (C=O) groups excluding carboxylic acids is 3. The SMILES string of the molecule is CCC1=C[C@H]2CN(C1)Cc1c([nH]c3ccc(SC)cc13)[C@@](C(=O)OC)(C1C=C3C(=CC1OC)N(C)[C@@]14O[C@]1(C(=O)OC)[C@H](OC(C)=O)[C@]1(CC)C=CCN5CC[C@]34[C@@H]51)C2. The van der Waals surface area contributed by atoms with Crippen LogP contribution in [0.3, 0.4) is 0 Å². The van der Waals surface area contributed by atoms with Crippen molar-refractivity contribution in [3.05, 3.63) is 76.7 Å². The molecule has 2 bridgehead atoms. The smallest absolute Gasteiger partial charge is 0.347 e. The third-order valence-electron chi connectivity index (χ3n) is 15.9. The number of allylic oxidation sites excluding steroid dienone is 1. The number of likely N-dealkylation sites (tertiary alicyclic amines) is 1. The van der Waals surface area contributed by atoms with Gasteiger partial charge in [-0.15, -0.1) is 11.8 Å². The number of aromatic nitrogens is 1. The Balaban J connectivity index is 1.26. The predicted molar refractivity (Wildman–Crippen MR) is 222 cm³/mol. The summed E-state index contributed by atoms with van der Waals surface area (Å²) in [6.07, 6.45) is 14.5. The molecule has 1 aromatic carbocycles. The van der Waals surface area contributed by atoms with Gasteiger partial charge < -0.3 is 33.6 Å². The highest BCUT2D eigenvalue weighted by molar-refractivity contribution is 7.98. The maximum absolute atomic E-state index is 15.4. The van der Waals surface area contributed by atoms with Gasteiger partial charge in [0.1, 0.15) is 5.41 Å². The van der Waals surface area contributed by atoms with Gasteiger partial charge in [-0.1, -0.05) is 43.7 Å². The minimum absolute atomic E-state index is 0.0762. The van der Waals surface area contributed by atoms with E-state index in [0.717, 1.165) is 70.9 Å². The lowest BCUT2D eigenvalue weighted by Gasteiger charge is -2.58. The average molecular weight is 825 g/mol. The molecular weight excluding hydrogens is 769 g/mol. The first-order valence-corrected chi connectivity index (χ1v) is 22.4. The van der Waals surface area contributed by atoms with Crippen molar-refractivity contribution in [1.29, 1.82) is 0 Å². The zero-order chi connectivity index (χ0) is 41.4. The highest BCUT2D eigenvalue weighted by Crippen LogP contribution is 2.82. The van der Waals surface area contributed by atoms with E-state index < -0.39 is 57.6 Å². The molecular formula is C46H56N4O8S. The molecule has 4 fully saturated rings. The standard InChI is InChI=1S/C46H56N4O8S/c1-9-27-18-28-22-43(40(52)55-6,37-31(25-49(23-27)24-28)30-19-29(59-8)12-13-34(30)47-37)33-20-32-35(21-36(33)54-5)48(4)46-44(32)15-17-50-16-11-14-42(10-2,38(44)50)39(57-26(3)51)45(46,58-46)41(53)56-7/h11-14,18-21,28,33,36,38-39,47H,9-10,15-17,22-25H2,1-8H3/t28-,33?,36?,38+,39-,42-,43+,44-,45+,46+/m1/s1. The number of hydrogen-bond acceptors (Lipinski definition) is 12. The summed E-state index contributed by atoms with van der Waals surface area (Å²) in [5.41, 5.74) is 0.682. The number of thioether (sulfide) groups is 1. The van der Waals surface area contributed by atoms with Crippen LogP contribution < -0.4 is 0 Å². The van der Waals surface area contributed by atoms with Crippen molar-refractivity contribution >= 4 is 40.6 Å². The van der Waals surface area contributed by atoms with Crippen molar-refractivity contribution in [3.8, 4) is 0 Å². The monoisotopic (exact) mass is 824 g/mol. The summed E-state index contributed by atoms with van der Waals surface area (Å²) in [6.45, 7) is 9.59. The molecule has 3 unspecified atom stereocenters. The number of benzene rings is 1. The van der Waals surface area contributed by atoms with Crippen molar-refractivity contribution in [2.75, 3.05) is 60.8 Å². The summed E-state index contributed by atoms with van der Waals surface area (Å²) in [5, 5.41) is 1.11. The van der Waals surface area contributed by atoms with Gasteiger partial charge in [0.15, 0.2) is 11.8 Å². The van der Waals surface area contributed by atoms with E-state index in [1.165, 1.54) is 26.7 Å². The summed E-state index contributed by atoms with van der Waals surface area (Å²) in [6, 6.07) is 6.32. The highest BCUT2D eigenvalue weighted by atomic mass is 32.2. The number of hydrogen-bond donors (Lipinski definition) is 1. The Labute approximate surface area is 350 Å². The van der Waals surface area contributed by atoms with E-state index in [1.807, 2.05) is 7.05 Å². The minimum atomic E-state index is -1.62. The van der Waals surface area contributed by atoms with Crippen LogP contribution in [0.2, 0.25) is 0 Å². The molecule has 59 heavy (non-hydrogen) atoms. The fraction of sp³-hybridized carbons (Fsp3) is 0.587. The molecule has 2 aromatic rings. The van der Waals surface area contributed by atoms with Crippen molar-refractivity contribution < 1.29 is 38.1 Å². The first-order valence-electron chi connectivity index (χ1n) is 21.2. The van der Waals surface area contributed by atoms with Crippen LogP contribution in [-0.2, 0) is 50.0 Å². The fourth-order valence-electron chi connectivity index (χ4n) is 13.8. The molecule has 8 aliphatic rings. The Bertz CT molecular complexity index is 2300. The molecule has 6 aliphatic heterocycles. The number of likely N-dealkylation sites (N-methyl/N-ethyl adjacent to an activating group) is 1. The second-order valence-electron chi connectivity index (χ2n) is 18.0. The number of nitrogens with zero attached hydrogens (tertiary/aromatic N) is 3. The van der Waals surface area contributed by atoms with Gasteiger partial charge in [0, 0.05) is 91.8 Å². The molecule has 13 heteroatoms. The number of fused-ring (bicyclic) bond motifs is 6. The molecule has 314 valence electrons. The quantitative estimate of drug-likeness (QED) is 0.119. The van der Waals surface area contributed by atoms with Crippen molar-refractivity contribution in [1.82, 2.24) is 19.7 Å². The van der Waals surface area contributed by atoms with E-state index in [1.54, 1.807) is 18.9 Å². The van der Waals surface area contributed by atoms with E-state index in [-0.39, 0.29) is 17.9 Å². The van der Waals surface area contributed by atoms with E-state index in [9.17, 15) is 9.59 Å². The van der Waals surface area contributed by atoms with Crippen LogP contribution in [0.15, 0.2) is 70.3 Å². The number of methoxy groups -OCH3 is 3. The average Bonchev–Trinajstić information content (AvgIpc) is 3.53. The van der Waals surface area contributed by atoms with Crippen LogP contribution in [0, 0.1) is 22.7 Å². The molecule has 3 saturated heterocycles. The van der Waals surface area contributed by atoms with Crippen molar-refractivity contribution in [3.63, 3.8) is 0 Å². The molecule has 1 saturated carbocycles. The van der Waals surface area contributed by atoms with E-state index in [2.05, 4.69) is 88.4 Å². The highest BCUT2D eigenvalue weighted by Gasteiger charge is 2.99. The zero-order valence-corrected chi connectivity index (χ0v) is 36.2. The maximum atomic E-state index is 15.4. The molecule has 1 N–H and O–H groups in total. The lowest BCUT2D eigenvalue weighted by molar-refractivity contribution is -0.182. The topological polar surface area (TPSA) is 126 Å². The summed E-state index contributed by atoms with van der Waals surface area (Å²) < 4.78 is 31.7. The lowest BCUT2D eigenvalue weighted by atomic mass is 9.48. The van der Waals surface area contributed by atoms with Gasteiger partial charge in [-0.3, -0.25) is 19.4 Å². The number of aromatic amines is 1. The first kappa shape index (κ1) is 39.3. The molecule has 0 amide bonds. The Hall–Kier alpha value is -3.88. The maximum Gasteiger partial charge on any atom is 0.347 e. The number of H-pyrrole nitrogens is 1. The Morgan fingerprint density at radius 3 is 2.54 bits per heavy atom. The number of rotatable bonds is 8. The van der Waals surface area contributed by atoms with Gasteiger partial charge in [0.2, 0.25) is 0 Å². The minimum Gasteiger partial charge on any atom is -0.468 e. The predicted octanol–water partition coefficient (Wildman–Crippen LogP) is 5.48. The van der Waals surface area contributed by atoms with Crippen LogP contribution >= 0.6 is 11.8 Å². The first-order chi connectivity index (χ1) is 28.4. The number of epoxide rings is 1. The summed E-state index contributed by atoms with van der Waals surface area (Å²) in [5.74, 6) is -1.78. The Morgan fingerprint density at radius 2 is 1.85 bits per heavy atom. The van der Waals surface area contributed by atoms with Gasteiger partial charge in [-0.2, -0.15) is 0 Å². The second kappa shape index (κ2) is 13.3. The third-order valence-corrected chi connectivity index (χ3v) is 16.6. The van der Waals surface area contributed by atoms with E-state index in [0.29, 0.717) is 25.8 Å². The number of esters is 3. The Morgan fingerprint density at radius 1 is 1.05 bits per heavy atom. The number of nitrogens with one attached hydrogen (secondary N) is 1. The van der Waals surface area contributed by atoms with Gasteiger partial charge >= 0.3 is 17.9 Å². The molecule has 1 aromatic heterocycles. The second-order valence-corrected chi connectivity index (χ2v) is 18.9. The zero-order valence-electron chi connectivity index (χ0n) is 35.4. The molecule has 10 rings (SSSR count). The molecule has 2 spiro atoms. The summed E-state index contributed by atoms with van der Waals surface area (Å²) >= 11 is 1.71. The third kappa shape index (κ3) is 4.63. The lowest BCUT2D eigenvalue weighted by Crippen LogP contribution is -2.73. The van der Waals surface area contributed by atoms with Crippen LogP contribution in [0.4, 0.5) is 0 Å². The van der Waals surface area contributed by atoms with Crippen LogP contribution in [0.25, 0.3) is 10.9 Å². The van der Waals surface area contributed by atoms with Crippen molar-refractivity contribution in [2.24, 2.45) is 22.7 Å². The van der Waals surface area contributed by atoms with Gasteiger partial charge in [-0.25, -0.2) is 4.79 Å². The van der Waals surface area contributed by atoms with Gasteiger partial charge in [0.25, 0.3) is 5.60 Å². The van der Waals surface area contributed by atoms with Crippen LogP contribution in [0.1, 0.15) is 57.7 Å². The normalized spacial score (nSPS) is 39.9. The molecule has 7 heterocycles. The molecule has 11 atom stereocenters. The summed E-state index contributed by atoms with van der Waals surface area (Å²) in [7, 11) is 6.58. The van der Waals surface area contributed by atoms with Crippen molar-refractivity contribution in [2.45, 2.75) is 92.9 Å². The van der Waals surface area contributed by atoms with Gasteiger partial charge in [-0.05, 0) is 79.8 Å². The largest absolute Gasteiger partial charge is 0.468 e. The number of carbonyl (C=O) groups is 3. The van der Waals surface area contributed by atoms with Crippen LogP contribution in [-0.4, -0.2) is 128 Å². The molecule has 12 nitrogen and oxygen atoms in total. The molecule has 0 radical (unpaired) electrons. The fourth-order valence-corrected chi connectivity index (χ4v) is 14.3. The number of ether oxygens (including phenoxy) is 5. The van der Waals surface area contributed by atoms with Crippen LogP contribution in [0.5, 0.6) is 0 Å². The summed E-state index contributed by atoms with van der Waals surface area (Å²) in [4.78, 5) is 55.2. The van der Waals surface area contributed by atoms with E-state index >= 15 is 4.79 Å². The Kier molecular flexibility index (Phi) is 8.86. The van der Waals surface area contributed by atoms with Gasteiger partial charge in [0.05, 0.1) is 25.7 Å². The van der Waals surface area contributed by atoms with E-state index in [4.69, 9.17) is 23.7 Å².